The number of nitrogens with one attached hydrogen (secondary N) is 1. The van der Waals surface area contributed by atoms with Crippen molar-refractivity contribution in [2.45, 2.75) is 89.9 Å². The van der Waals surface area contributed by atoms with E-state index in [4.69, 9.17) is 33.3 Å². The molecule has 2 atom stereocenters. The van der Waals surface area contributed by atoms with Crippen LogP contribution in [-0.2, 0) is 9.59 Å². The molecule has 1 spiro atoms. The number of carbonyl (C=O) groups excluding carboxylic acids is 2. The summed E-state index contributed by atoms with van der Waals surface area (Å²) in [6, 6.07) is 11.7. The van der Waals surface area contributed by atoms with E-state index >= 15 is 0 Å². The highest BCUT2D eigenvalue weighted by atomic mass is 35.5. The van der Waals surface area contributed by atoms with E-state index in [9.17, 15) is 14.4 Å². The van der Waals surface area contributed by atoms with E-state index < -0.39 is 17.7 Å². The molecule has 7 nitrogen and oxygen atoms in total. The number of aliphatic imine (C=N–C) groups is 1. The number of amides is 2. The summed E-state index contributed by atoms with van der Waals surface area (Å²) in [4.78, 5) is 45.1. The Morgan fingerprint density at radius 2 is 1.62 bits per heavy atom. The zero-order chi connectivity index (χ0) is 29.0. The van der Waals surface area contributed by atoms with Crippen LogP contribution >= 0.6 is 23.2 Å². The Kier molecular flexibility index (Phi) is 9.57. The number of carboxylic acids is 1. The highest BCUT2D eigenvalue weighted by molar-refractivity contribution is 6.47. The number of halogens is 2. The maximum absolute atomic E-state index is 14.2. The molecule has 214 valence electrons. The van der Waals surface area contributed by atoms with Crippen molar-refractivity contribution in [2.75, 3.05) is 0 Å². The zero-order valence-electron chi connectivity index (χ0n) is 23.3. The molecule has 1 aliphatic heterocycles. The van der Waals surface area contributed by atoms with E-state index in [1.807, 2.05) is 17.0 Å². The van der Waals surface area contributed by atoms with Gasteiger partial charge >= 0.3 is 5.97 Å². The molecule has 2 N–H and O–H groups in total. The molecule has 4 rings (SSSR count). The van der Waals surface area contributed by atoms with Gasteiger partial charge in [-0.3, -0.25) is 19.4 Å². The largest absolute Gasteiger partial charge is 0.481 e. The summed E-state index contributed by atoms with van der Waals surface area (Å²) in [5, 5.41) is 12.6. The SMILES string of the molecule is CC(C)CCC(c1ccc(C(=O)N[C@@H](C)CC(=O)O)cc1)N1C(=O)C(c2cc(Cl)cc(Cl)c2)=NC12CCCCC2. The summed E-state index contributed by atoms with van der Waals surface area (Å²) < 4.78 is 0. The number of rotatable bonds is 10. The summed E-state index contributed by atoms with van der Waals surface area (Å²) in [7, 11) is 0. The van der Waals surface area contributed by atoms with Crippen LogP contribution in [0.25, 0.3) is 0 Å². The number of hydrogen-bond acceptors (Lipinski definition) is 4. The van der Waals surface area contributed by atoms with E-state index in [1.165, 1.54) is 0 Å². The molecule has 1 aliphatic carbocycles. The molecule has 40 heavy (non-hydrogen) atoms. The Balaban J connectivity index is 1.69. The van der Waals surface area contributed by atoms with Gasteiger partial charge < -0.3 is 15.3 Å². The first-order valence-electron chi connectivity index (χ1n) is 14.0. The zero-order valence-corrected chi connectivity index (χ0v) is 24.8. The van der Waals surface area contributed by atoms with Gasteiger partial charge in [0.1, 0.15) is 11.4 Å². The van der Waals surface area contributed by atoms with Crippen molar-refractivity contribution in [1.29, 1.82) is 0 Å². The van der Waals surface area contributed by atoms with Crippen LogP contribution in [0.1, 0.15) is 99.7 Å². The molecule has 2 aromatic carbocycles. The van der Waals surface area contributed by atoms with E-state index in [0.717, 1.165) is 50.5 Å². The van der Waals surface area contributed by atoms with Crippen molar-refractivity contribution < 1.29 is 19.5 Å². The van der Waals surface area contributed by atoms with Gasteiger partial charge in [0.25, 0.3) is 11.8 Å². The quantitative estimate of drug-likeness (QED) is 0.312. The summed E-state index contributed by atoms with van der Waals surface area (Å²) in [5.74, 6) is -0.984. The number of carboxylic acid groups (broad SMARTS) is 1. The highest BCUT2D eigenvalue weighted by Crippen LogP contribution is 2.46. The van der Waals surface area contributed by atoms with Crippen LogP contribution in [0.2, 0.25) is 10.0 Å². The number of aliphatic carboxylic acids is 1. The van der Waals surface area contributed by atoms with Gasteiger partial charge in [-0.2, -0.15) is 0 Å². The van der Waals surface area contributed by atoms with Crippen molar-refractivity contribution in [3.05, 3.63) is 69.2 Å². The van der Waals surface area contributed by atoms with Gasteiger partial charge in [0.15, 0.2) is 0 Å². The van der Waals surface area contributed by atoms with Gasteiger partial charge in [-0.25, -0.2) is 0 Å². The summed E-state index contributed by atoms with van der Waals surface area (Å²) >= 11 is 12.6. The third kappa shape index (κ3) is 6.87. The fraction of sp³-hybridized carbons (Fsp3) is 0.484. The molecule has 0 saturated heterocycles. The normalized spacial score (nSPS) is 18.1. The minimum absolute atomic E-state index is 0.127. The standard InChI is InChI=1S/C31H37Cl2N3O4/c1-19(2)7-12-26(21-8-10-22(11-9-21)29(39)34-20(3)15-27(37)38)36-30(40)28(23-16-24(32)18-25(33)17-23)35-31(36)13-5-4-6-14-31/h8-11,16-20,26H,4-7,12-15H2,1-3H3,(H,34,39)(H,37,38)/t20-,26?/m0/s1. The third-order valence-electron chi connectivity index (χ3n) is 7.73. The van der Waals surface area contributed by atoms with Gasteiger partial charge in [-0.15, -0.1) is 0 Å². The Bertz CT molecular complexity index is 1270. The fourth-order valence-electron chi connectivity index (χ4n) is 5.81. The van der Waals surface area contributed by atoms with E-state index in [-0.39, 0.29) is 24.3 Å². The molecule has 1 heterocycles. The van der Waals surface area contributed by atoms with Crippen LogP contribution in [0.15, 0.2) is 47.5 Å². The molecule has 2 amide bonds. The van der Waals surface area contributed by atoms with Crippen LogP contribution < -0.4 is 5.32 Å². The van der Waals surface area contributed by atoms with Gasteiger partial charge in [-0.1, -0.05) is 55.6 Å². The van der Waals surface area contributed by atoms with E-state index in [0.29, 0.717) is 32.8 Å². The average Bonchev–Trinajstić information content (AvgIpc) is 3.15. The molecule has 1 fully saturated rings. The molecule has 0 aromatic heterocycles. The molecule has 1 saturated carbocycles. The maximum Gasteiger partial charge on any atom is 0.305 e. The lowest BCUT2D eigenvalue weighted by atomic mass is 9.85. The topological polar surface area (TPSA) is 99.1 Å². The van der Waals surface area contributed by atoms with Crippen LogP contribution in [-0.4, -0.2) is 45.2 Å². The van der Waals surface area contributed by atoms with E-state index in [2.05, 4.69) is 19.2 Å². The lowest BCUT2D eigenvalue weighted by molar-refractivity contribution is -0.137. The molecular formula is C31H37Cl2N3O4. The first kappa shape index (κ1) is 30.1. The second kappa shape index (κ2) is 12.7. The van der Waals surface area contributed by atoms with Gasteiger partial charge in [0.2, 0.25) is 0 Å². The Morgan fingerprint density at radius 1 is 1.00 bits per heavy atom. The van der Waals surface area contributed by atoms with Gasteiger partial charge in [0.05, 0.1) is 12.5 Å². The Hall–Kier alpha value is -2.90. The first-order chi connectivity index (χ1) is 19.0. The van der Waals surface area contributed by atoms with Crippen molar-refractivity contribution in [3.63, 3.8) is 0 Å². The predicted octanol–water partition coefficient (Wildman–Crippen LogP) is 7.06. The maximum atomic E-state index is 14.2. The highest BCUT2D eigenvalue weighted by Gasteiger charge is 2.50. The first-order valence-corrected chi connectivity index (χ1v) is 14.8. The number of carbonyl (C=O) groups is 3. The predicted molar refractivity (Wildman–Crippen MR) is 158 cm³/mol. The Labute approximate surface area is 246 Å². The molecule has 1 unspecified atom stereocenters. The van der Waals surface area contributed by atoms with Crippen molar-refractivity contribution >= 4 is 46.7 Å². The second-order valence-electron chi connectivity index (χ2n) is 11.4. The van der Waals surface area contributed by atoms with Crippen LogP contribution in [0.4, 0.5) is 0 Å². The number of benzene rings is 2. The van der Waals surface area contributed by atoms with Crippen molar-refractivity contribution in [1.82, 2.24) is 10.2 Å². The fourth-order valence-corrected chi connectivity index (χ4v) is 6.33. The smallest absolute Gasteiger partial charge is 0.305 e. The molecule has 0 radical (unpaired) electrons. The number of hydrogen-bond donors (Lipinski definition) is 2. The van der Waals surface area contributed by atoms with Crippen LogP contribution in [0.3, 0.4) is 0 Å². The minimum atomic E-state index is -0.968. The van der Waals surface area contributed by atoms with Crippen molar-refractivity contribution in [2.24, 2.45) is 10.9 Å². The molecule has 2 aliphatic rings. The average molecular weight is 587 g/mol. The number of nitrogens with zero attached hydrogens (tertiary/aromatic N) is 2. The molecule has 2 aromatic rings. The lowest BCUT2D eigenvalue weighted by Gasteiger charge is -2.44. The molecule has 0 bridgehead atoms. The lowest BCUT2D eigenvalue weighted by Crippen LogP contribution is -2.50. The molecule has 9 heteroatoms. The minimum Gasteiger partial charge on any atom is -0.481 e. The third-order valence-corrected chi connectivity index (χ3v) is 8.16. The Morgan fingerprint density at radius 3 is 2.20 bits per heavy atom. The van der Waals surface area contributed by atoms with Gasteiger partial charge in [0, 0.05) is 27.2 Å². The monoisotopic (exact) mass is 585 g/mol. The van der Waals surface area contributed by atoms with E-state index in [1.54, 1.807) is 37.3 Å². The van der Waals surface area contributed by atoms with Gasteiger partial charge in [-0.05, 0) is 87.3 Å². The van der Waals surface area contributed by atoms with Crippen LogP contribution in [0.5, 0.6) is 0 Å². The van der Waals surface area contributed by atoms with Crippen LogP contribution in [0, 0.1) is 5.92 Å². The second-order valence-corrected chi connectivity index (χ2v) is 12.3. The summed E-state index contributed by atoms with van der Waals surface area (Å²) in [5.41, 5.74) is 1.76. The van der Waals surface area contributed by atoms with Crippen molar-refractivity contribution in [3.8, 4) is 0 Å². The summed E-state index contributed by atoms with van der Waals surface area (Å²) in [6.45, 7) is 6.00. The summed E-state index contributed by atoms with van der Waals surface area (Å²) in [6.07, 6.45) is 6.18. The molecular weight excluding hydrogens is 549 g/mol.